The molecule has 0 aliphatic carbocycles. The van der Waals surface area contributed by atoms with Crippen LogP contribution in [-0.4, -0.2) is 19.8 Å². The van der Waals surface area contributed by atoms with Gasteiger partial charge in [0.05, 0.1) is 6.61 Å². The fourth-order valence-electron chi connectivity index (χ4n) is 2.49. The second-order valence-corrected chi connectivity index (χ2v) is 6.66. The highest BCUT2D eigenvalue weighted by atomic mass is 16.5. The van der Waals surface area contributed by atoms with Crippen molar-refractivity contribution in [3.8, 4) is 11.5 Å². The Bertz CT molecular complexity index is 617. The van der Waals surface area contributed by atoms with Gasteiger partial charge in [-0.3, -0.25) is 0 Å². The van der Waals surface area contributed by atoms with Crippen LogP contribution in [0.4, 0.5) is 5.69 Å². The van der Waals surface area contributed by atoms with Crippen molar-refractivity contribution in [3.63, 3.8) is 0 Å². The molecule has 0 aliphatic heterocycles. The number of aryl methyl sites for hydroxylation is 2. The van der Waals surface area contributed by atoms with E-state index in [1.165, 1.54) is 11.1 Å². The summed E-state index contributed by atoms with van der Waals surface area (Å²) in [7, 11) is 0. The SMILES string of the molecule is Cc1cc(C)cc(OCCNc2cccc(OCCC(C)C)c2)c1. The molecule has 0 amide bonds. The van der Waals surface area contributed by atoms with Gasteiger partial charge in [-0.1, -0.05) is 26.0 Å². The number of benzene rings is 2. The second-order valence-electron chi connectivity index (χ2n) is 6.66. The lowest BCUT2D eigenvalue weighted by atomic mass is 10.1. The zero-order valence-corrected chi connectivity index (χ0v) is 15.3. The van der Waals surface area contributed by atoms with Gasteiger partial charge in [0, 0.05) is 18.3 Å². The summed E-state index contributed by atoms with van der Waals surface area (Å²) in [6.07, 6.45) is 1.07. The average Bonchev–Trinajstić information content (AvgIpc) is 2.51. The van der Waals surface area contributed by atoms with E-state index in [1.54, 1.807) is 0 Å². The Morgan fingerprint density at radius 3 is 2.29 bits per heavy atom. The van der Waals surface area contributed by atoms with E-state index in [-0.39, 0.29) is 0 Å². The summed E-state index contributed by atoms with van der Waals surface area (Å²) in [5, 5.41) is 3.38. The summed E-state index contributed by atoms with van der Waals surface area (Å²) in [5.41, 5.74) is 3.51. The third-order valence-corrected chi connectivity index (χ3v) is 3.69. The highest BCUT2D eigenvalue weighted by Gasteiger charge is 2.00. The van der Waals surface area contributed by atoms with E-state index in [4.69, 9.17) is 9.47 Å². The number of ether oxygens (including phenoxy) is 2. The fraction of sp³-hybridized carbons (Fsp3) is 0.429. The maximum absolute atomic E-state index is 5.82. The standard InChI is InChI=1S/C21H29NO2/c1-16(2)8-10-23-20-7-5-6-19(15-20)22-9-11-24-21-13-17(3)12-18(4)14-21/h5-7,12-16,22H,8-11H2,1-4H3. The molecule has 0 atom stereocenters. The number of hydrogen-bond donors (Lipinski definition) is 1. The van der Waals surface area contributed by atoms with Crippen molar-refractivity contribution in [1.29, 1.82) is 0 Å². The normalized spacial score (nSPS) is 10.7. The van der Waals surface area contributed by atoms with Crippen LogP contribution in [0.5, 0.6) is 11.5 Å². The van der Waals surface area contributed by atoms with E-state index in [1.807, 2.05) is 24.3 Å². The van der Waals surface area contributed by atoms with Gasteiger partial charge in [-0.25, -0.2) is 0 Å². The summed E-state index contributed by atoms with van der Waals surface area (Å²) < 4.78 is 11.6. The van der Waals surface area contributed by atoms with Gasteiger partial charge >= 0.3 is 0 Å². The van der Waals surface area contributed by atoms with Crippen molar-refractivity contribution in [2.45, 2.75) is 34.1 Å². The van der Waals surface area contributed by atoms with Crippen LogP contribution in [0, 0.1) is 19.8 Å². The highest BCUT2D eigenvalue weighted by Crippen LogP contribution is 2.18. The van der Waals surface area contributed by atoms with Crippen LogP contribution >= 0.6 is 0 Å². The maximum Gasteiger partial charge on any atom is 0.121 e. The van der Waals surface area contributed by atoms with E-state index in [9.17, 15) is 0 Å². The summed E-state index contributed by atoms with van der Waals surface area (Å²) in [5.74, 6) is 2.50. The first kappa shape index (κ1) is 18.2. The molecule has 130 valence electrons. The fourth-order valence-corrected chi connectivity index (χ4v) is 2.49. The molecule has 2 aromatic rings. The molecule has 1 N–H and O–H groups in total. The Morgan fingerprint density at radius 1 is 0.875 bits per heavy atom. The predicted octanol–water partition coefficient (Wildman–Crippen LogP) is 5.22. The molecule has 2 aromatic carbocycles. The largest absolute Gasteiger partial charge is 0.494 e. The minimum absolute atomic E-state index is 0.626. The van der Waals surface area contributed by atoms with Gasteiger partial charge in [-0.15, -0.1) is 0 Å². The first-order valence-electron chi connectivity index (χ1n) is 8.71. The molecule has 0 saturated heterocycles. The van der Waals surface area contributed by atoms with Crippen LogP contribution in [0.1, 0.15) is 31.4 Å². The lowest BCUT2D eigenvalue weighted by molar-refractivity contribution is 0.289. The van der Waals surface area contributed by atoms with E-state index < -0.39 is 0 Å². The Labute approximate surface area is 146 Å². The minimum atomic E-state index is 0.626. The number of rotatable bonds is 9. The van der Waals surface area contributed by atoms with Gasteiger partial charge in [0.25, 0.3) is 0 Å². The molecule has 0 saturated carbocycles. The Morgan fingerprint density at radius 2 is 1.58 bits per heavy atom. The summed E-state index contributed by atoms with van der Waals surface area (Å²) in [6, 6.07) is 14.4. The van der Waals surface area contributed by atoms with E-state index >= 15 is 0 Å². The number of hydrogen-bond acceptors (Lipinski definition) is 3. The van der Waals surface area contributed by atoms with Crippen LogP contribution in [0.25, 0.3) is 0 Å². The quantitative estimate of drug-likeness (QED) is 0.641. The van der Waals surface area contributed by atoms with Crippen LogP contribution in [0.15, 0.2) is 42.5 Å². The first-order valence-corrected chi connectivity index (χ1v) is 8.71. The molecule has 0 aromatic heterocycles. The Balaban J connectivity index is 1.75. The topological polar surface area (TPSA) is 30.5 Å². The molecule has 24 heavy (non-hydrogen) atoms. The van der Waals surface area contributed by atoms with E-state index in [0.717, 1.165) is 36.8 Å². The van der Waals surface area contributed by atoms with Crippen LogP contribution in [0.3, 0.4) is 0 Å². The molecule has 3 nitrogen and oxygen atoms in total. The third kappa shape index (κ3) is 6.53. The first-order chi connectivity index (χ1) is 11.5. The van der Waals surface area contributed by atoms with Gasteiger partial charge in [0.2, 0.25) is 0 Å². The summed E-state index contributed by atoms with van der Waals surface area (Å²) in [4.78, 5) is 0. The lowest BCUT2D eigenvalue weighted by Gasteiger charge is -2.12. The van der Waals surface area contributed by atoms with Gasteiger partial charge in [-0.2, -0.15) is 0 Å². The molecule has 3 heteroatoms. The van der Waals surface area contributed by atoms with Gasteiger partial charge in [0.15, 0.2) is 0 Å². The average molecular weight is 327 g/mol. The zero-order chi connectivity index (χ0) is 17.4. The molecule has 2 rings (SSSR count). The monoisotopic (exact) mass is 327 g/mol. The molecule has 0 bridgehead atoms. The molecule has 0 aliphatic rings. The van der Waals surface area contributed by atoms with Gasteiger partial charge in [-0.05, 0) is 61.6 Å². The molecular weight excluding hydrogens is 298 g/mol. The van der Waals surface area contributed by atoms with Crippen molar-refractivity contribution in [1.82, 2.24) is 0 Å². The van der Waals surface area contributed by atoms with E-state index in [0.29, 0.717) is 12.5 Å². The van der Waals surface area contributed by atoms with Crippen molar-refractivity contribution >= 4 is 5.69 Å². The predicted molar refractivity (Wildman–Crippen MR) is 101 cm³/mol. The van der Waals surface area contributed by atoms with E-state index in [2.05, 4.69) is 51.2 Å². The third-order valence-electron chi connectivity index (χ3n) is 3.69. The van der Waals surface area contributed by atoms with Crippen LogP contribution in [0.2, 0.25) is 0 Å². The van der Waals surface area contributed by atoms with Crippen LogP contribution in [-0.2, 0) is 0 Å². The number of anilines is 1. The molecule has 0 spiro atoms. The summed E-state index contributed by atoms with van der Waals surface area (Å²) >= 11 is 0. The summed E-state index contributed by atoms with van der Waals surface area (Å²) in [6.45, 7) is 10.7. The zero-order valence-electron chi connectivity index (χ0n) is 15.3. The lowest BCUT2D eigenvalue weighted by Crippen LogP contribution is -2.11. The number of nitrogens with one attached hydrogen (secondary N) is 1. The van der Waals surface area contributed by atoms with Crippen molar-refractivity contribution in [2.24, 2.45) is 5.92 Å². The Kier molecular flexibility index (Phi) is 6.98. The molecule has 0 fully saturated rings. The maximum atomic E-state index is 5.82. The Hall–Kier alpha value is -2.16. The van der Waals surface area contributed by atoms with Crippen molar-refractivity contribution in [3.05, 3.63) is 53.6 Å². The van der Waals surface area contributed by atoms with Crippen molar-refractivity contribution < 1.29 is 9.47 Å². The van der Waals surface area contributed by atoms with Gasteiger partial charge in [0.1, 0.15) is 18.1 Å². The minimum Gasteiger partial charge on any atom is -0.494 e. The van der Waals surface area contributed by atoms with Gasteiger partial charge < -0.3 is 14.8 Å². The second kappa shape index (κ2) is 9.21. The van der Waals surface area contributed by atoms with Crippen LogP contribution < -0.4 is 14.8 Å². The molecular formula is C21H29NO2. The molecule has 0 radical (unpaired) electrons. The molecule has 0 heterocycles. The van der Waals surface area contributed by atoms with Crippen molar-refractivity contribution in [2.75, 3.05) is 25.1 Å². The highest BCUT2D eigenvalue weighted by molar-refractivity contribution is 5.48. The smallest absolute Gasteiger partial charge is 0.121 e. The molecule has 0 unspecified atom stereocenters.